The maximum atomic E-state index is 12.4. The van der Waals surface area contributed by atoms with Gasteiger partial charge in [-0.25, -0.2) is 0 Å². The molecule has 1 unspecified atom stereocenters. The van der Waals surface area contributed by atoms with Crippen molar-refractivity contribution in [1.29, 1.82) is 0 Å². The molecule has 0 fully saturated rings. The second-order valence-electron chi connectivity index (χ2n) is 4.69. The van der Waals surface area contributed by atoms with E-state index in [1.165, 1.54) is 10.4 Å². The van der Waals surface area contributed by atoms with E-state index in [-0.39, 0.29) is 10.9 Å². The molecule has 1 aromatic heterocycles. The van der Waals surface area contributed by atoms with Gasteiger partial charge in [-0.05, 0) is 29.0 Å². The number of rotatable bonds is 6. The van der Waals surface area contributed by atoms with E-state index in [2.05, 4.69) is 18.3 Å². The van der Waals surface area contributed by atoms with Crippen molar-refractivity contribution in [3.8, 4) is 0 Å². The summed E-state index contributed by atoms with van der Waals surface area (Å²) >= 11 is 6.71. The van der Waals surface area contributed by atoms with Crippen molar-refractivity contribution in [1.82, 2.24) is 5.32 Å². The van der Waals surface area contributed by atoms with Crippen LogP contribution in [0.1, 0.15) is 28.8 Å². The van der Waals surface area contributed by atoms with Crippen molar-refractivity contribution in [2.45, 2.75) is 25.8 Å². The van der Waals surface area contributed by atoms with Gasteiger partial charge >= 0.3 is 0 Å². The standard InChI is InChI=1S/C16H18N2OS2/c1-2-11-8-9-21-13(11)10-18-16(19)14(15(17)20)12-6-4-3-5-7-12/h3-9,14H,2,10H2,1H3,(H2,17,20)(H,18,19). The van der Waals surface area contributed by atoms with Crippen LogP contribution < -0.4 is 11.1 Å². The molecule has 3 nitrogen and oxygen atoms in total. The number of carbonyl (C=O) groups is 1. The van der Waals surface area contributed by atoms with Gasteiger partial charge in [0.15, 0.2) is 0 Å². The minimum absolute atomic E-state index is 0.149. The van der Waals surface area contributed by atoms with E-state index in [4.69, 9.17) is 18.0 Å². The molecule has 0 radical (unpaired) electrons. The fourth-order valence-electron chi connectivity index (χ4n) is 2.20. The summed E-state index contributed by atoms with van der Waals surface area (Å²) in [5.41, 5.74) is 7.84. The molecule has 5 heteroatoms. The van der Waals surface area contributed by atoms with E-state index in [0.717, 1.165) is 12.0 Å². The fourth-order valence-corrected chi connectivity index (χ4v) is 3.36. The molecular formula is C16H18N2OS2. The highest BCUT2D eigenvalue weighted by atomic mass is 32.1. The third kappa shape index (κ3) is 3.89. The highest BCUT2D eigenvalue weighted by Crippen LogP contribution is 2.19. The van der Waals surface area contributed by atoms with Gasteiger partial charge in [0.1, 0.15) is 5.92 Å². The number of nitrogens with one attached hydrogen (secondary N) is 1. The van der Waals surface area contributed by atoms with Gasteiger partial charge < -0.3 is 11.1 Å². The summed E-state index contributed by atoms with van der Waals surface area (Å²) < 4.78 is 0. The summed E-state index contributed by atoms with van der Waals surface area (Å²) in [5, 5.41) is 4.99. The van der Waals surface area contributed by atoms with Crippen LogP contribution in [0.25, 0.3) is 0 Å². The first-order valence-corrected chi connectivity index (χ1v) is 8.09. The van der Waals surface area contributed by atoms with Crippen LogP contribution in [0.3, 0.4) is 0 Å². The van der Waals surface area contributed by atoms with Crippen molar-refractivity contribution in [3.63, 3.8) is 0 Å². The highest BCUT2D eigenvalue weighted by molar-refractivity contribution is 7.80. The molecular weight excluding hydrogens is 300 g/mol. The predicted molar refractivity (Wildman–Crippen MR) is 91.5 cm³/mol. The lowest BCUT2D eigenvalue weighted by Gasteiger charge is -2.16. The second kappa shape index (κ2) is 7.33. The fraction of sp³-hybridized carbons (Fsp3) is 0.250. The monoisotopic (exact) mass is 318 g/mol. The molecule has 21 heavy (non-hydrogen) atoms. The molecule has 2 aromatic rings. The maximum Gasteiger partial charge on any atom is 0.234 e. The number of benzene rings is 1. The zero-order chi connectivity index (χ0) is 15.2. The molecule has 1 aromatic carbocycles. The number of hydrogen-bond donors (Lipinski definition) is 2. The minimum atomic E-state index is -0.578. The van der Waals surface area contributed by atoms with E-state index >= 15 is 0 Å². The third-order valence-corrected chi connectivity index (χ3v) is 4.52. The van der Waals surface area contributed by atoms with Crippen molar-refractivity contribution < 1.29 is 4.79 Å². The molecule has 2 rings (SSSR count). The van der Waals surface area contributed by atoms with E-state index in [1.54, 1.807) is 11.3 Å². The molecule has 1 atom stereocenters. The molecule has 0 bridgehead atoms. The van der Waals surface area contributed by atoms with Crippen LogP contribution in [-0.4, -0.2) is 10.9 Å². The first kappa shape index (κ1) is 15.7. The lowest BCUT2D eigenvalue weighted by atomic mass is 9.98. The molecule has 0 saturated carbocycles. The number of nitrogens with two attached hydrogens (primary N) is 1. The van der Waals surface area contributed by atoms with Crippen molar-refractivity contribution in [2.24, 2.45) is 5.73 Å². The Balaban J connectivity index is 2.08. The summed E-state index contributed by atoms with van der Waals surface area (Å²) in [6.45, 7) is 2.63. The topological polar surface area (TPSA) is 55.1 Å². The predicted octanol–water partition coefficient (Wildman–Crippen LogP) is 3.00. The average Bonchev–Trinajstić information content (AvgIpc) is 2.93. The van der Waals surface area contributed by atoms with E-state index < -0.39 is 5.92 Å². The van der Waals surface area contributed by atoms with Gasteiger partial charge in [-0.2, -0.15) is 0 Å². The van der Waals surface area contributed by atoms with Gasteiger partial charge in [-0.3, -0.25) is 4.79 Å². The Kier molecular flexibility index (Phi) is 5.47. The molecule has 0 aliphatic rings. The number of amides is 1. The molecule has 0 aliphatic heterocycles. The van der Waals surface area contributed by atoms with Gasteiger partial charge in [0.2, 0.25) is 5.91 Å². The Morgan fingerprint density at radius 1 is 1.33 bits per heavy atom. The molecule has 0 spiro atoms. The largest absolute Gasteiger partial charge is 0.392 e. The van der Waals surface area contributed by atoms with Crippen molar-refractivity contribution in [2.75, 3.05) is 0 Å². The van der Waals surface area contributed by atoms with Crippen LogP contribution in [0.5, 0.6) is 0 Å². The smallest absolute Gasteiger partial charge is 0.234 e. The lowest BCUT2D eigenvalue weighted by molar-refractivity contribution is -0.121. The quantitative estimate of drug-likeness (QED) is 0.805. The molecule has 0 aliphatic carbocycles. The molecule has 1 amide bonds. The summed E-state index contributed by atoms with van der Waals surface area (Å²) in [7, 11) is 0. The lowest BCUT2D eigenvalue weighted by Crippen LogP contribution is -2.35. The Bertz CT molecular complexity index is 622. The summed E-state index contributed by atoms with van der Waals surface area (Å²) in [6, 6.07) is 11.5. The average molecular weight is 318 g/mol. The minimum Gasteiger partial charge on any atom is -0.392 e. The van der Waals surface area contributed by atoms with E-state index in [1.807, 2.05) is 35.7 Å². The Hall–Kier alpha value is -1.72. The Morgan fingerprint density at radius 3 is 2.67 bits per heavy atom. The van der Waals surface area contributed by atoms with Crippen LogP contribution in [0, 0.1) is 0 Å². The number of thiocarbonyl (C=S) groups is 1. The Labute approximate surface area is 134 Å². The van der Waals surface area contributed by atoms with Crippen LogP contribution in [0.2, 0.25) is 0 Å². The van der Waals surface area contributed by atoms with Gasteiger partial charge in [-0.1, -0.05) is 49.5 Å². The van der Waals surface area contributed by atoms with Crippen LogP contribution in [0.4, 0.5) is 0 Å². The Morgan fingerprint density at radius 2 is 2.05 bits per heavy atom. The highest BCUT2D eigenvalue weighted by Gasteiger charge is 2.23. The number of hydrogen-bond acceptors (Lipinski definition) is 3. The first-order valence-electron chi connectivity index (χ1n) is 6.80. The third-order valence-electron chi connectivity index (χ3n) is 3.32. The molecule has 3 N–H and O–H groups in total. The summed E-state index contributed by atoms with van der Waals surface area (Å²) in [5.74, 6) is -0.726. The molecule has 110 valence electrons. The van der Waals surface area contributed by atoms with Crippen molar-refractivity contribution in [3.05, 3.63) is 57.8 Å². The van der Waals surface area contributed by atoms with Gasteiger partial charge in [0.25, 0.3) is 0 Å². The molecule has 1 heterocycles. The normalized spacial score (nSPS) is 11.9. The van der Waals surface area contributed by atoms with Crippen LogP contribution in [0.15, 0.2) is 41.8 Å². The number of carbonyl (C=O) groups excluding carboxylic acids is 1. The second-order valence-corrected chi connectivity index (χ2v) is 6.16. The SMILES string of the molecule is CCc1ccsc1CNC(=O)C(C(N)=S)c1ccccc1. The molecule has 0 saturated heterocycles. The van der Waals surface area contributed by atoms with Crippen LogP contribution >= 0.6 is 23.6 Å². The number of thiophene rings is 1. The summed E-state index contributed by atoms with van der Waals surface area (Å²) in [6.07, 6.45) is 0.964. The van der Waals surface area contributed by atoms with Gasteiger partial charge in [-0.15, -0.1) is 11.3 Å². The van der Waals surface area contributed by atoms with Crippen molar-refractivity contribution >= 4 is 34.5 Å². The van der Waals surface area contributed by atoms with E-state index in [0.29, 0.717) is 6.54 Å². The van der Waals surface area contributed by atoms with E-state index in [9.17, 15) is 4.79 Å². The van der Waals surface area contributed by atoms with Gasteiger partial charge in [0.05, 0.1) is 11.5 Å². The van der Waals surface area contributed by atoms with Crippen LogP contribution in [-0.2, 0) is 17.8 Å². The zero-order valence-electron chi connectivity index (χ0n) is 11.8. The summed E-state index contributed by atoms with van der Waals surface area (Å²) in [4.78, 5) is 13.8. The first-order chi connectivity index (χ1) is 10.1. The van der Waals surface area contributed by atoms with Gasteiger partial charge in [0, 0.05) is 4.88 Å². The maximum absolute atomic E-state index is 12.4. The zero-order valence-corrected chi connectivity index (χ0v) is 13.5. The number of aryl methyl sites for hydroxylation is 1.